The molecule has 1 fully saturated rings. The minimum Gasteiger partial charge on any atom is -0.335 e. The molecule has 1 aromatic carbocycles. The van der Waals surface area contributed by atoms with Gasteiger partial charge in [0.1, 0.15) is 0 Å². The molecule has 2 atom stereocenters. The largest absolute Gasteiger partial charge is 0.335 e. The van der Waals surface area contributed by atoms with Gasteiger partial charge in [-0.05, 0) is 31.7 Å². The van der Waals surface area contributed by atoms with Crippen molar-refractivity contribution in [3.63, 3.8) is 0 Å². The van der Waals surface area contributed by atoms with E-state index in [1.54, 1.807) is 19.1 Å². The summed E-state index contributed by atoms with van der Waals surface area (Å²) in [7, 11) is 0. The van der Waals surface area contributed by atoms with E-state index in [0.717, 1.165) is 19.3 Å². The summed E-state index contributed by atoms with van der Waals surface area (Å²) < 4.78 is 0. The number of rotatable bonds is 3. The Bertz CT molecular complexity index is 545. The van der Waals surface area contributed by atoms with Gasteiger partial charge in [0, 0.05) is 12.1 Å². The number of hydrogen-bond acceptors (Lipinski definition) is 3. The maximum atomic E-state index is 12.1. The summed E-state index contributed by atoms with van der Waals surface area (Å²) in [4.78, 5) is 22.5. The number of carbonyl (C=O) groups is 1. The molecule has 2 N–H and O–H groups in total. The highest BCUT2D eigenvalue weighted by Crippen LogP contribution is 2.26. The first-order valence-electron chi connectivity index (χ1n) is 7.30. The number of nitrogens with zero attached hydrogens (tertiary/aromatic N) is 1. The van der Waals surface area contributed by atoms with E-state index in [4.69, 9.17) is 0 Å². The highest BCUT2D eigenvalue weighted by molar-refractivity contribution is 5.90. The quantitative estimate of drug-likeness (QED) is 0.659. The summed E-state index contributed by atoms with van der Waals surface area (Å²) in [6, 6.07) is 4.56. The van der Waals surface area contributed by atoms with E-state index in [-0.39, 0.29) is 17.8 Å². The van der Waals surface area contributed by atoms with Crippen LogP contribution in [0.1, 0.15) is 38.2 Å². The van der Waals surface area contributed by atoms with Crippen molar-refractivity contribution in [2.45, 2.75) is 45.6 Å². The molecular weight excluding hydrogens is 270 g/mol. The molecule has 0 radical (unpaired) electrons. The van der Waals surface area contributed by atoms with Crippen LogP contribution in [0.4, 0.5) is 16.2 Å². The van der Waals surface area contributed by atoms with Crippen LogP contribution in [0.15, 0.2) is 18.2 Å². The van der Waals surface area contributed by atoms with Crippen molar-refractivity contribution in [1.82, 2.24) is 5.32 Å². The van der Waals surface area contributed by atoms with Crippen LogP contribution in [-0.4, -0.2) is 17.0 Å². The van der Waals surface area contributed by atoms with Crippen LogP contribution in [0.5, 0.6) is 0 Å². The van der Waals surface area contributed by atoms with Crippen LogP contribution >= 0.6 is 0 Å². The van der Waals surface area contributed by atoms with Crippen LogP contribution in [-0.2, 0) is 0 Å². The maximum absolute atomic E-state index is 12.1. The Morgan fingerprint density at radius 1 is 1.33 bits per heavy atom. The van der Waals surface area contributed by atoms with Gasteiger partial charge in [0.05, 0.1) is 16.2 Å². The second-order valence-electron chi connectivity index (χ2n) is 5.67. The SMILES string of the molecule is Cc1c(NC(=O)N[C@@H]2CCCC[C@H]2C)cccc1[N+](=O)[O-]. The topological polar surface area (TPSA) is 84.3 Å². The Hall–Kier alpha value is -2.11. The maximum Gasteiger partial charge on any atom is 0.319 e. The molecule has 2 rings (SSSR count). The number of urea groups is 1. The summed E-state index contributed by atoms with van der Waals surface area (Å²) in [5, 5.41) is 16.6. The summed E-state index contributed by atoms with van der Waals surface area (Å²) in [6.07, 6.45) is 4.46. The molecule has 1 saturated carbocycles. The molecule has 0 bridgehead atoms. The van der Waals surface area contributed by atoms with Gasteiger partial charge in [0.15, 0.2) is 0 Å². The second kappa shape index (κ2) is 6.56. The van der Waals surface area contributed by atoms with Gasteiger partial charge < -0.3 is 10.6 Å². The van der Waals surface area contributed by atoms with Crippen molar-refractivity contribution in [3.8, 4) is 0 Å². The molecule has 0 spiro atoms. The normalized spacial score (nSPS) is 21.6. The molecule has 1 aliphatic carbocycles. The lowest BCUT2D eigenvalue weighted by molar-refractivity contribution is -0.385. The first-order chi connectivity index (χ1) is 9.99. The molecule has 0 unspecified atom stereocenters. The molecule has 6 heteroatoms. The number of nitro benzene ring substituents is 1. The minimum atomic E-state index is -0.443. The highest BCUT2D eigenvalue weighted by Gasteiger charge is 2.23. The number of benzene rings is 1. The molecule has 0 heterocycles. The van der Waals surface area contributed by atoms with Gasteiger partial charge in [-0.2, -0.15) is 0 Å². The Morgan fingerprint density at radius 2 is 2.05 bits per heavy atom. The average Bonchev–Trinajstić information content (AvgIpc) is 2.43. The van der Waals surface area contributed by atoms with E-state index in [2.05, 4.69) is 17.6 Å². The van der Waals surface area contributed by atoms with Crippen molar-refractivity contribution >= 4 is 17.4 Å². The van der Waals surface area contributed by atoms with Crippen LogP contribution in [0.2, 0.25) is 0 Å². The monoisotopic (exact) mass is 291 g/mol. The number of nitrogens with one attached hydrogen (secondary N) is 2. The molecular formula is C15H21N3O3. The van der Waals surface area contributed by atoms with E-state index in [9.17, 15) is 14.9 Å². The van der Waals surface area contributed by atoms with E-state index >= 15 is 0 Å². The predicted molar refractivity (Wildman–Crippen MR) is 81.4 cm³/mol. The Balaban J connectivity index is 2.02. The van der Waals surface area contributed by atoms with E-state index in [1.165, 1.54) is 12.5 Å². The Morgan fingerprint density at radius 3 is 2.71 bits per heavy atom. The molecule has 0 saturated heterocycles. The van der Waals surface area contributed by atoms with E-state index in [0.29, 0.717) is 17.2 Å². The molecule has 0 aliphatic heterocycles. The van der Waals surface area contributed by atoms with Crippen LogP contribution in [0.3, 0.4) is 0 Å². The molecule has 6 nitrogen and oxygen atoms in total. The zero-order chi connectivity index (χ0) is 15.4. The van der Waals surface area contributed by atoms with Gasteiger partial charge in [-0.25, -0.2) is 4.79 Å². The Kier molecular flexibility index (Phi) is 4.77. The number of nitro groups is 1. The third kappa shape index (κ3) is 3.71. The van der Waals surface area contributed by atoms with Gasteiger partial charge in [-0.3, -0.25) is 10.1 Å². The molecule has 1 aliphatic rings. The van der Waals surface area contributed by atoms with Gasteiger partial charge in [0.25, 0.3) is 5.69 Å². The summed E-state index contributed by atoms with van der Waals surface area (Å²) in [5.41, 5.74) is 0.957. The van der Waals surface area contributed by atoms with Crippen molar-refractivity contribution < 1.29 is 9.72 Å². The number of carbonyl (C=O) groups excluding carboxylic acids is 1. The molecule has 2 amide bonds. The standard InChI is InChI=1S/C15H21N3O3/c1-10-6-3-4-7-12(10)16-15(19)17-13-8-5-9-14(11(13)2)18(20)21/h5,8-10,12H,3-4,6-7H2,1-2H3,(H2,16,17,19)/t10-,12-/m1/s1. The van der Waals surface area contributed by atoms with E-state index in [1.807, 2.05) is 0 Å². The number of anilines is 1. The zero-order valence-corrected chi connectivity index (χ0v) is 12.4. The van der Waals surface area contributed by atoms with Gasteiger partial charge in [-0.15, -0.1) is 0 Å². The molecule has 21 heavy (non-hydrogen) atoms. The lowest BCUT2D eigenvalue weighted by Gasteiger charge is -2.29. The highest BCUT2D eigenvalue weighted by atomic mass is 16.6. The van der Waals surface area contributed by atoms with E-state index < -0.39 is 4.92 Å². The van der Waals surface area contributed by atoms with Gasteiger partial charge >= 0.3 is 6.03 Å². The second-order valence-corrected chi connectivity index (χ2v) is 5.67. The fraction of sp³-hybridized carbons (Fsp3) is 0.533. The van der Waals surface area contributed by atoms with Crippen molar-refractivity contribution in [3.05, 3.63) is 33.9 Å². The van der Waals surface area contributed by atoms with Crippen molar-refractivity contribution in [1.29, 1.82) is 0 Å². The Labute approximate surface area is 124 Å². The smallest absolute Gasteiger partial charge is 0.319 e. The van der Waals surface area contributed by atoms with Gasteiger partial charge in [0.2, 0.25) is 0 Å². The van der Waals surface area contributed by atoms with Crippen molar-refractivity contribution in [2.24, 2.45) is 5.92 Å². The molecule has 1 aromatic rings. The fourth-order valence-electron chi connectivity index (χ4n) is 2.81. The fourth-order valence-corrected chi connectivity index (χ4v) is 2.81. The summed E-state index contributed by atoms with van der Waals surface area (Å²) in [6.45, 7) is 3.78. The predicted octanol–water partition coefficient (Wildman–Crippen LogP) is 3.60. The summed E-state index contributed by atoms with van der Waals surface area (Å²) in [5.74, 6) is 0.468. The zero-order valence-electron chi connectivity index (χ0n) is 12.4. The number of amides is 2. The third-order valence-corrected chi connectivity index (χ3v) is 4.18. The molecule has 114 valence electrons. The first-order valence-corrected chi connectivity index (χ1v) is 7.30. The molecule has 0 aromatic heterocycles. The number of hydrogen-bond donors (Lipinski definition) is 2. The lowest BCUT2D eigenvalue weighted by atomic mass is 9.86. The van der Waals surface area contributed by atoms with Gasteiger partial charge in [-0.1, -0.05) is 25.8 Å². The average molecular weight is 291 g/mol. The first kappa shape index (κ1) is 15.3. The van der Waals surface area contributed by atoms with Crippen LogP contribution < -0.4 is 10.6 Å². The van der Waals surface area contributed by atoms with Crippen LogP contribution in [0.25, 0.3) is 0 Å². The minimum absolute atomic E-state index is 0.0128. The lowest BCUT2D eigenvalue weighted by Crippen LogP contribution is -2.43. The van der Waals surface area contributed by atoms with Crippen molar-refractivity contribution in [2.75, 3.05) is 5.32 Å². The van der Waals surface area contributed by atoms with Crippen LogP contribution in [0, 0.1) is 23.0 Å². The summed E-state index contributed by atoms with van der Waals surface area (Å²) >= 11 is 0. The third-order valence-electron chi connectivity index (χ3n) is 4.18.